The highest BCUT2D eigenvalue weighted by molar-refractivity contribution is 6.30. The van der Waals surface area contributed by atoms with Crippen molar-refractivity contribution in [1.29, 1.82) is 0 Å². The van der Waals surface area contributed by atoms with Gasteiger partial charge in [-0.15, -0.1) is 0 Å². The fourth-order valence-electron chi connectivity index (χ4n) is 3.51. The van der Waals surface area contributed by atoms with Crippen LogP contribution < -0.4 is 0 Å². The van der Waals surface area contributed by atoms with Crippen LogP contribution in [0.1, 0.15) is 21.8 Å². The van der Waals surface area contributed by atoms with Gasteiger partial charge in [0.15, 0.2) is 0 Å². The lowest BCUT2D eigenvalue weighted by Crippen LogP contribution is -2.48. The Morgan fingerprint density at radius 3 is 2.52 bits per heavy atom. The van der Waals surface area contributed by atoms with Gasteiger partial charge >= 0.3 is 0 Å². The van der Waals surface area contributed by atoms with E-state index in [9.17, 15) is 14.9 Å². The van der Waals surface area contributed by atoms with Gasteiger partial charge in [-0.2, -0.15) is 4.98 Å². The molecule has 0 bridgehead atoms. The Hall–Kier alpha value is -3.30. The van der Waals surface area contributed by atoms with Crippen molar-refractivity contribution in [3.05, 3.63) is 74.6 Å². The lowest BCUT2D eigenvalue weighted by atomic mass is 10.1. The Labute approximate surface area is 183 Å². The third-order valence-electron chi connectivity index (χ3n) is 5.23. The summed E-state index contributed by atoms with van der Waals surface area (Å²) in [6, 6.07) is 11.7. The van der Waals surface area contributed by atoms with Crippen molar-refractivity contribution in [3.8, 4) is 11.4 Å². The molecule has 4 rings (SSSR count). The molecule has 160 valence electrons. The van der Waals surface area contributed by atoms with Crippen LogP contribution in [0.25, 0.3) is 11.4 Å². The molecule has 31 heavy (non-hydrogen) atoms. The molecule has 1 aliphatic heterocycles. The van der Waals surface area contributed by atoms with Gasteiger partial charge in [0, 0.05) is 54.0 Å². The van der Waals surface area contributed by atoms with Crippen LogP contribution in [-0.4, -0.2) is 56.9 Å². The topological polar surface area (TPSA) is 106 Å². The number of hydrogen-bond acceptors (Lipinski definition) is 7. The Bertz CT molecular complexity index is 1110. The number of piperazine rings is 1. The van der Waals surface area contributed by atoms with Crippen molar-refractivity contribution in [2.75, 3.05) is 26.2 Å². The molecule has 1 aliphatic rings. The molecule has 2 heterocycles. The summed E-state index contributed by atoms with van der Waals surface area (Å²) in [5, 5.41) is 15.6. The molecule has 0 radical (unpaired) electrons. The molecule has 3 aromatic rings. The van der Waals surface area contributed by atoms with Crippen molar-refractivity contribution >= 4 is 23.2 Å². The predicted octanol–water partition coefficient (Wildman–Crippen LogP) is 3.56. The molecule has 1 saturated heterocycles. The first kappa shape index (κ1) is 21.0. The number of nitro benzene ring substituents is 1. The molecular formula is C21H20ClN5O4. The molecule has 0 saturated carbocycles. The summed E-state index contributed by atoms with van der Waals surface area (Å²) >= 11 is 5.91. The summed E-state index contributed by atoms with van der Waals surface area (Å²) in [4.78, 5) is 31.6. The first-order valence-corrected chi connectivity index (χ1v) is 10.1. The quantitative estimate of drug-likeness (QED) is 0.440. The number of nitro groups is 1. The van der Waals surface area contributed by atoms with Crippen LogP contribution in [0.2, 0.25) is 5.02 Å². The summed E-state index contributed by atoms with van der Waals surface area (Å²) in [7, 11) is 0. The monoisotopic (exact) mass is 441 g/mol. The van der Waals surface area contributed by atoms with Gasteiger partial charge in [0.2, 0.25) is 11.7 Å². The maximum atomic E-state index is 12.8. The van der Waals surface area contributed by atoms with Crippen molar-refractivity contribution in [3.63, 3.8) is 0 Å². The molecular weight excluding hydrogens is 422 g/mol. The Kier molecular flexibility index (Phi) is 5.97. The zero-order valence-corrected chi connectivity index (χ0v) is 17.6. The van der Waals surface area contributed by atoms with Gasteiger partial charge < -0.3 is 9.42 Å². The molecule has 9 nitrogen and oxygen atoms in total. The number of halogens is 1. The van der Waals surface area contributed by atoms with Gasteiger partial charge in [-0.1, -0.05) is 16.8 Å². The fraction of sp³-hybridized carbons (Fsp3) is 0.286. The van der Waals surface area contributed by atoms with Gasteiger partial charge in [-0.3, -0.25) is 19.8 Å². The molecule has 0 N–H and O–H groups in total. The number of carbonyl (C=O) groups excluding carboxylic acids is 1. The maximum absolute atomic E-state index is 12.8. The second kappa shape index (κ2) is 8.83. The highest BCUT2D eigenvalue weighted by atomic mass is 35.5. The van der Waals surface area contributed by atoms with E-state index in [4.69, 9.17) is 16.1 Å². The van der Waals surface area contributed by atoms with Crippen molar-refractivity contribution in [2.24, 2.45) is 0 Å². The van der Waals surface area contributed by atoms with Crippen LogP contribution in [0.5, 0.6) is 0 Å². The van der Waals surface area contributed by atoms with Crippen LogP contribution in [0.3, 0.4) is 0 Å². The van der Waals surface area contributed by atoms with Crippen LogP contribution >= 0.6 is 11.6 Å². The number of benzene rings is 2. The summed E-state index contributed by atoms with van der Waals surface area (Å²) < 4.78 is 5.37. The van der Waals surface area contributed by atoms with E-state index in [1.54, 1.807) is 30.0 Å². The van der Waals surface area contributed by atoms with E-state index in [2.05, 4.69) is 15.0 Å². The zero-order chi connectivity index (χ0) is 22.0. The third-order valence-corrected chi connectivity index (χ3v) is 5.48. The highest BCUT2D eigenvalue weighted by Crippen LogP contribution is 2.21. The summed E-state index contributed by atoms with van der Waals surface area (Å²) in [5.41, 5.74) is 1.77. The second-order valence-electron chi connectivity index (χ2n) is 7.35. The molecule has 0 atom stereocenters. The van der Waals surface area contributed by atoms with E-state index in [0.717, 1.165) is 5.56 Å². The van der Waals surface area contributed by atoms with Crippen molar-refractivity contribution < 1.29 is 14.2 Å². The van der Waals surface area contributed by atoms with Gasteiger partial charge in [0.05, 0.1) is 11.5 Å². The van der Waals surface area contributed by atoms with E-state index in [-0.39, 0.29) is 11.6 Å². The number of nitrogens with zero attached hydrogens (tertiary/aromatic N) is 5. The van der Waals surface area contributed by atoms with E-state index >= 15 is 0 Å². The van der Waals surface area contributed by atoms with Crippen LogP contribution in [0, 0.1) is 17.0 Å². The Morgan fingerprint density at radius 1 is 1.16 bits per heavy atom. The van der Waals surface area contributed by atoms with Crippen LogP contribution in [-0.2, 0) is 6.54 Å². The molecule has 0 spiro atoms. The molecule has 1 fully saturated rings. The normalized spacial score (nSPS) is 14.6. The average Bonchev–Trinajstić information content (AvgIpc) is 3.22. The number of aryl methyl sites for hydroxylation is 1. The van der Waals surface area contributed by atoms with Gasteiger partial charge in [-0.05, 0) is 43.3 Å². The molecule has 10 heteroatoms. The van der Waals surface area contributed by atoms with Gasteiger partial charge in [-0.25, -0.2) is 0 Å². The Morgan fingerprint density at radius 2 is 1.87 bits per heavy atom. The van der Waals surface area contributed by atoms with E-state index in [1.165, 1.54) is 12.1 Å². The van der Waals surface area contributed by atoms with Gasteiger partial charge in [0.25, 0.3) is 11.6 Å². The van der Waals surface area contributed by atoms with Crippen molar-refractivity contribution in [2.45, 2.75) is 13.5 Å². The largest absolute Gasteiger partial charge is 0.338 e. The summed E-state index contributed by atoms with van der Waals surface area (Å²) in [6.45, 7) is 4.56. The summed E-state index contributed by atoms with van der Waals surface area (Å²) in [5.74, 6) is 0.894. The van der Waals surface area contributed by atoms with Crippen LogP contribution in [0.4, 0.5) is 5.69 Å². The third kappa shape index (κ3) is 4.73. The highest BCUT2D eigenvalue weighted by Gasteiger charge is 2.24. The molecule has 1 amide bonds. The number of rotatable bonds is 5. The van der Waals surface area contributed by atoms with E-state index < -0.39 is 4.92 Å². The predicted molar refractivity (Wildman–Crippen MR) is 114 cm³/mol. The van der Waals surface area contributed by atoms with E-state index in [1.807, 2.05) is 12.1 Å². The van der Waals surface area contributed by atoms with Gasteiger partial charge in [0.1, 0.15) is 0 Å². The van der Waals surface area contributed by atoms with Crippen molar-refractivity contribution in [1.82, 2.24) is 19.9 Å². The first-order chi connectivity index (χ1) is 14.9. The SMILES string of the molecule is Cc1cc(C(=O)N2CCN(Cc3nc(-c4ccc(Cl)cc4)no3)CC2)ccc1[N+](=O)[O-]. The molecule has 1 aromatic heterocycles. The molecule has 0 aliphatic carbocycles. The first-order valence-electron chi connectivity index (χ1n) is 9.76. The molecule has 0 unspecified atom stereocenters. The maximum Gasteiger partial charge on any atom is 0.272 e. The lowest BCUT2D eigenvalue weighted by Gasteiger charge is -2.34. The standard InChI is InChI=1S/C21H20ClN5O4/c1-14-12-16(4-7-18(14)27(29)30)21(28)26-10-8-25(9-11-26)13-19-23-20(24-31-19)15-2-5-17(22)6-3-15/h2-7,12H,8-11,13H2,1H3. The minimum atomic E-state index is -0.446. The lowest BCUT2D eigenvalue weighted by molar-refractivity contribution is -0.385. The second-order valence-corrected chi connectivity index (χ2v) is 7.78. The number of carbonyl (C=O) groups is 1. The smallest absolute Gasteiger partial charge is 0.272 e. The fourth-order valence-corrected chi connectivity index (χ4v) is 3.64. The minimum absolute atomic E-state index is 0.0129. The number of aromatic nitrogens is 2. The average molecular weight is 442 g/mol. The number of amides is 1. The summed E-state index contributed by atoms with van der Waals surface area (Å²) in [6.07, 6.45) is 0. The Balaban J connectivity index is 1.34. The minimum Gasteiger partial charge on any atom is -0.338 e. The number of hydrogen-bond donors (Lipinski definition) is 0. The zero-order valence-electron chi connectivity index (χ0n) is 16.8. The van der Waals surface area contributed by atoms with Crippen LogP contribution in [0.15, 0.2) is 47.0 Å². The van der Waals surface area contributed by atoms with E-state index in [0.29, 0.717) is 60.6 Å². The molecule has 2 aromatic carbocycles.